The molecular weight excluding hydrogens is 295 g/mol. The molecule has 1 aromatic heterocycles. The summed E-state index contributed by atoms with van der Waals surface area (Å²) in [7, 11) is 0. The first-order chi connectivity index (χ1) is 6.97. The first-order valence-corrected chi connectivity index (χ1v) is 5.06. The number of nitrogens with zero attached hydrogens (tertiary/aromatic N) is 1. The summed E-state index contributed by atoms with van der Waals surface area (Å²) >= 11 is 8.34. The summed E-state index contributed by atoms with van der Waals surface area (Å²) < 4.78 is 25.2. The molecule has 0 radical (unpaired) electrons. The van der Waals surface area contributed by atoms with Crippen molar-refractivity contribution in [3.63, 3.8) is 0 Å². The van der Waals surface area contributed by atoms with E-state index >= 15 is 0 Å². The number of aromatic nitrogens is 1. The van der Waals surface area contributed by atoms with Gasteiger partial charge in [-0.2, -0.15) is 0 Å². The molecule has 7 heteroatoms. The molecule has 0 saturated heterocycles. The molecule has 0 aliphatic carbocycles. The lowest BCUT2D eigenvalue weighted by molar-refractivity contribution is 0.0682. The minimum atomic E-state index is -2.88. The quantitative estimate of drug-likeness (QED) is 0.689. The maximum Gasteiger partial charge on any atom is 0.338 e. The third-order valence-electron chi connectivity index (χ3n) is 1.67. The lowest BCUT2D eigenvalue weighted by Crippen LogP contribution is -2.09. The Bertz CT molecular complexity index is 400. The Hall–Kier alpha value is -0.750. The van der Waals surface area contributed by atoms with Crippen LogP contribution in [0.5, 0.6) is 0 Å². The summed E-state index contributed by atoms with van der Waals surface area (Å²) in [4.78, 5) is 14.5. The third kappa shape index (κ3) is 2.63. The van der Waals surface area contributed by atoms with Crippen LogP contribution in [0.2, 0.25) is 0 Å². The minimum Gasteiger partial charge on any atom is -0.478 e. The van der Waals surface area contributed by atoms with Crippen LogP contribution in [0.4, 0.5) is 8.78 Å². The van der Waals surface area contributed by atoms with Gasteiger partial charge in [-0.05, 0) is 22.0 Å². The number of pyridine rings is 1. The van der Waals surface area contributed by atoms with E-state index < -0.39 is 23.5 Å². The Morgan fingerprint density at radius 1 is 1.67 bits per heavy atom. The van der Waals surface area contributed by atoms with Gasteiger partial charge >= 0.3 is 5.97 Å². The highest BCUT2D eigenvalue weighted by Gasteiger charge is 2.23. The average Bonchev–Trinajstić information content (AvgIpc) is 2.15. The number of carboxylic acids is 1. The molecule has 0 aliphatic heterocycles. The van der Waals surface area contributed by atoms with Crippen molar-refractivity contribution in [2.24, 2.45) is 0 Å². The summed E-state index contributed by atoms with van der Waals surface area (Å²) in [6.45, 7) is 0. The SMILES string of the molecule is O=C(O)c1c(C(F)F)cc(Br)nc1CCl. The van der Waals surface area contributed by atoms with Gasteiger partial charge in [0.2, 0.25) is 0 Å². The number of hydrogen-bond acceptors (Lipinski definition) is 2. The van der Waals surface area contributed by atoms with Crippen LogP contribution in [-0.2, 0) is 5.88 Å². The van der Waals surface area contributed by atoms with E-state index in [2.05, 4.69) is 20.9 Å². The minimum absolute atomic E-state index is 0.0751. The summed E-state index contributed by atoms with van der Waals surface area (Å²) in [5, 5.41) is 8.77. The van der Waals surface area contributed by atoms with E-state index in [1.165, 1.54) is 0 Å². The van der Waals surface area contributed by atoms with Crippen molar-refractivity contribution in [2.75, 3.05) is 0 Å². The van der Waals surface area contributed by atoms with Crippen LogP contribution >= 0.6 is 27.5 Å². The van der Waals surface area contributed by atoms with Crippen molar-refractivity contribution in [3.05, 3.63) is 27.5 Å². The number of aromatic carboxylic acids is 1. The molecule has 0 aliphatic rings. The van der Waals surface area contributed by atoms with Crippen molar-refractivity contribution in [2.45, 2.75) is 12.3 Å². The lowest BCUT2D eigenvalue weighted by Gasteiger charge is -2.09. The molecule has 0 aromatic carbocycles. The topological polar surface area (TPSA) is 50.2 Å². The van der Waals surface area contributed by atoms with Crippen LogP contribution in [-0.4, -0.2) is 16.1 Å². The first kappa shape index (κ1) is 12.3. The molecule has 1 rings (SSSR count). The number of carboxylic acid groups (broad SMARTS) is 1. The number of carbonyl (C=O) groups is 1. The summed E-state index contributed by atoms with van der Waals surface area (Å²) in [5.41, 5.74) is -1.18. The normalized spacial score (nSPS) is 10.7. The Morgan fingerprint density at radius 3 is 2.67 bits per heavy atom. The van der Waals surface area contributed by atoms with Crippen LogP contribution < -0.4 is 0 Å². The van der Waals surface area contributed by atoms with E-state index in [0.717, 1.165) is 6.07 Å². The van der Waals surface area contributed by atoms with Crippen LogP contribution in [0.15, 0.2) is 10.7 Å². The van der Waals surface area contributed by atoms with Gasteiger partial charge in [0.05, 0.1) is 17.1 Å². The monoisotopic (exact) mass is 299 g/mol. The van der Waals surface area contributed by atoms with Crippen molar-refractivity contribution in [1.29, 1.82) is 0 Å². The molecule has 15 heavy (non-hydrogen) atoms. The average molecular weight is 300 g/mol. The van der Waals surface area contributed by atoms with E-state index in [1.807, 2.05) is 0 Å². The van der Waals surface area contributed by atoms with Crippen molar-refractivity contribution >= 4 is 33.5 Å². The molecule has 1 N–H and O–H groups in total. The molecule has 82 valence electrons. The zero-order chi connectivity index (χ0) is 11.6. The van der Waals surface area contributed by atoms with Gasteiger partial charge < -0.3 is 5.11 Å². The Balaban J connectivity index is 3.47. The maximum atomic E-state index is 12.5. The molecule has 0 atom stereocenters. The smallest absolute Gasteiger partial charge is 0.338 e. The number of halogens is 4. The molecule has 3 nitrogen and oxygen atoms in total. The van der Waals surface area contributed by atoms with E-state index in [1.54, 1.807) is 0 Å². The predicted molar refractivity (Wildman–Crippen MR) is 53.4 cm³/mol. The Labute approximate surface area is 97.2 Å². The number of rotatable bonds is 3. The molecule has 0 fully saturated rings. The van der Waals surface area contributed by atoms with E-state index in [-0.39, 0.29) is 16.2 Å². The fourth-order valence-electron chi connectivity index (χ4n) is 1.10. The fraction of sp³-hybridized carbons (Fsp3) is 0.250. The van der Waals surface area contributed by atoms with Gasteiger partial charge in [0.15, 0.2) is 0 Å². The second-order valence-corrected chi connectivity index (χ2v) is 3.68. The molecule has 0 amide bonds. The maximum absolute atomic E-state index is 12.5. The second kappa shape index (κ2) is 4.85. The standard InChI is InChI=1S/C8H5BrClF2NO2/c9-5-1-3(7(11)12)6(8(14)15)4(2-10)13-5/h1,7H,2H2,(H,14,15). The molecule has 0 saturated carbocycles. The van der Waals surface area contributed by atoms with Crippen molar-refractivity contribution in [1.82, 2.24) is 4.98 Å². The molecule has 0 spiro atoms. The van der Waals surface area contributed by atoms with Gasteiger partial charge in [-0.15, -0.1) is 11.6 Å². The highest BCUT2D eigenvalue weighted by Crippen LogP contribution is 2.28. The third-order valence-corrected chi connectivity index (χ3v) is 2.33. The van der Waals surface area contributed by atoms with E-state index in [4.69, 9.17) is 16.7 Å². The van der Waals surface area contributed by atoms with Crippen molar-refractivity contribution in [3.8, 4) is 0 Å². The summed E-state index contributed by atoms with van der Waals surface area (Å²) in [6, 6.07) is 0.976. The molecule has 0 bridgehead atoms. The molecule has 1 heterocycles. The summed E-state index contributed by atoms with van der Waals surface area (Å²) in [6.07, 6.45) is -2.88. The number of alkyl halides is 3. The molecule has 1 aromatic rings. The van der Waals surface area contributed by atoms with Crippen LogP contribution in [0.1, 0.15) is 28.0 Å². The van der Waals surface area contributed by atoms with Crippen molar-refractivity contribution < 1.29 is 18.7 Å². The zero-order valence-corrected chi connectivity index (χ0v) is 9.52. The van der Waals surface area contributed by atoms with E-state index in [0.29, 0.717) is 0 Å². The largest absolute Gasteiger partial charge is 0.478 e. The zero-order valence-electron chi connectivity index (χ0n) is 7.18. The van der Waals surface area contributed by atoms with Gasteiger partial charge in [-0.25, -0.2) is 18.6 Å². The Morgan fingerprint density at radius 2 is 2.27 bits per heavy atom. The molecular formula is C8H5BrClF2NO2. The Kier molecular flexibility index (Phi) is 3.98. The van der Waals surface area contributed by atoms with Gasteiger partial charge in [0, 0.05) is 5.56 Å². The highest BCUT2D eigenvalue weighted by molar-refractivity contribution is 9.10. The van der Waals surface area contributed by atoms with Gasteiger partial charge in [-0.1, -0.05) is 0 Å². The van der Waals surface area contributed by atoms with E-state index in [9.17, 15) is 13.6 Å². The van der Waals surface area contributed by atoms with Crippen LogP contribution in [0.3, 0.4) is 0 Å². The van der Waals surface area contributed by atoms with Gasteiger partial charge in [0.1, 0.15) is 4.60 Å². The van der Waals surface area contributed by atoms with Crippen LogP contribution in [0, 0.1) is 0 Å². The lowest BCUT2D eigenvalue weighted by atomic mass is 10.1. The first-order valence-electron chi connectivity index (χ1n) is 3.74. The summed E-state index contributed by atoms with van der Waals surface area (Å²) in [5.74, 6) is -1.69. The molecule has 0 unspecified atom stereocenters. The van der Waals surface area contributed by atoms with Gasteiger partial charge in [-0.3, -0.25) is 0 Å². The highest BCUT2D eigenvalue weighted by atomic mass is 79.9. The predicted octanol–water partition coefficient (Wildman–Crippen LogP) is 3.22. The second-order valence-electron chi connectivity index (χ2n) is 2.60. The number of hydrogen-bond donors (Lipinski definition) is 1. The fourth-order valence-corrected chi connectivity index (χ4v) is 1.75. The van der Waals surface area contributed by atoms with Crippen LogP contribution in [0.25, 0.3) is 0 Å². The van der Waals surface area contributed by atoms with Gasteiger partial charge in [0.25, 0.3) is 6.43 Å².